The fraction of sp³-hybridized carbons (Fsp3) is 0.571. The average molecular weight is 270 g/mol. The van der Waals surface area contributed by atoms with E-state index in [1.807, 2.05) is 17.9 Å². The van der Waals surface area contributed by atoms with E-state index in [1.54, 1.807) is 19.2 Å². The lowest BCUT2D eigenvalue weighted by atomic mass is 9.99. The standard InChI is InChI=1S/C14H20F2N2O/c1-10-9-11(19-2)3-4-12(10)13(14(15)16)18-7-5-17-6-8-18/h3-4,9,13-14,17H,5-8H2,1-2H3/t13-/m1/s1. The summed E-state index contributed by atoms with van der Waals surface area (Å²) in [7, 11) is 1.58. The molecule has 5 heteroatoms. The van der Waals surface area contributed by atoms with E-state index in [4.69, 9.17) is 4.74 Å². The molecule has 0 spiro atoms. The van der Waals surface area contributed by atoms with Crippen molar-refractivity contribution in [2.24, 2.45) is 0 Å². The van der Waals surface area contributed by atoms with Crippen LogP contribution in [0.5, 0.6) is 5.75 Å². The summed E-state index contributed by atoms with van der Waals surface area (Å²) >= 11 is 0. The van der Waals surface area contributed by atoms with Crippen molar-refractivity contribution in [3.05, 3.63) is 29.3 Å². The molecule has 0 bridgehead atoms. The molecule has 1 aliphatic rings. The van der Waals surface area contributed by atoms with Gasteiger partial charge in [0.2, 0.25) is 0 Å². The Hall–Kier alpha value is -1.20. The van der Waals surface area contributed by atoms with Gasteiger partial charge in [-0.15, -0.1) is 0 Å². The molecule has 1 atom stereocenters. The van der Waals surface area contributed by atoms with Crippen LogP contribution in [0.25, 0.3) is 0 Å². The third-order valence-corrected chi connectivity index (χ3v) is 3.58. The smallest absolute Gasteiger partial charge is 0.258 e. The van der Waals surface area contributed by atoms with Crippen LogP contribution in [0.3, 0.4) is 0 Å². The van der Waals surface area contributed by atoms with Crippen molar-refractivity contribution in [3.63, 3.8) is 0 Å². The summed E-state index contributed by atoms with van der Waals surface area (Å²) in [4.78, 5) is 1.86. The van der Waals surface area contributed by atoms with E-state index in [1.165, 1.54) is 0 Å². The zero-order chi connectivity index (χ0) is 13.8. The SMILES string of the molecule is COc1ccc([C@H](C(F)F)N2CCNCC2)c(C)c1. The number of nitrogens with one attached hydrogen (secondary N) is 1. The lowest BCUT2D eigenvalue weighted by molar-refractivity contribution is 0.0178. The monoisotopic (exact) mass is 270 g/mol. The first-order valence-electron chi connectivity index (χ1n) is 6.51. The highest BCUT2D eigenvalue weighted by molar-refractivity contribution is 5.37. The van der Waals surface area contributed by atoms with E-state index in [0.717, 1.165) is 18.7 Å². The number of nitrogens with zero attached hydrogens (tertiary/aromatic N) is 1. The Labute approximate surface area is 112 Å². The minimum Gasteiger partial charge on any atom is -0.497 e. The van der Waals surface area contributed by atoms with Crippen LogP contribution in [0, 0.1) is 6.92 Å². The maximum absolute atomic E-state index is 13.4. The molecule has 0 radical (unpaired) electrons. The molecule has 1 aliphatic heterocycles. The molecule has 3 nitrogen and oxygen atoms in total. The molecule has 0 aromatic heterocycles. The fourth-order valence-electron chi connectivity index (χ4n) is 2.56. The molecule has 0 unspecified atom stereocenters. The summed E-state index contributed by atoms with van der Waals surface area (Å²) in [5.74, 6) is 0.703. The fourth-order valence-corrected chi connectivity index (χ4v) is 2.56. The number of halogens is 2. The summed E-state index contributed by atoms with van der Waals surface area (Å²) in [5, 5.41) is 3.19. The highest BCUT2D eigenvalue weighted by atomic mass is 19.3. The van der Waals surface area contributed by atoms with Gasteiger partial charge in [0.15, 0.2) is 0 Å². The van der Waals surface area contributed by atoms with Crippen LogP contribution in [0.15, 0.2) is 18.2 Å². The van der Waals surface area contributed by atoms with Gasteiger partial charge in [-0.05, 0) is 30.2 Å². The van der Waals surface area contributed by atoms with Gasteiger partial charge in [0.25, 0.3) is 6.43 Å². The predicted octanol–water partition coefficient (Wildman–Crippen LogP) is 2.22. The lowest BCUT2D eigenvalue weighted by Gasteiger charge is -2.35. The highest BCUT2D eigenvalue weighted by Crippen LogP contribution is 2.31. The Morgan fingerprint density at radius 2 is 1.95 bits per heavy atom. The molecule has 1 fully saturated rings. The molecule has 0 amide bonds. The average Bonchev–Trinajstić information content (AvgIpc) is 2.41. The lowest BCUT2D eigenvalue weighted by Crippen LogP contribution is -2.47. The van der Waals surface area contributed by atoms with E-state index in [9.17, 15) is 8.78 Å². The third-order valence-electron chi connectivity index (χ3n) is 3.58. The van der Waals surface area contributed by atoms with Gasteiger partial charge >= 0.3 is 0 Å². The molecule has 1 heterocycles. The Balaban J connectivity index is 2.27. The molecule has 1 aromatic carbocycles. The normalized spacial score (nSPS) is 18.6. The molecular formula is C14H20F2N2O. The summed E-state index contributed by atoms with van der Waals surface area (Å²) in [6.07, 6.45) is -2.38. The third kappa shape index (κ3) is 3.22. The van der Waals surface area contributed by atoms with Crippen molar-refractivity contribution in [2.75, 3.05) is 33.3 Å². The number of hydrogen-bond acceptors (Lipinski definition) is 3. The summed E-state index contributed by atoms with van der Waals surface area (Å²) in [5.41, 5.74) is 1.54. The van der Waals surface area contributed by atoms with Crippen molar-refractivity contribution >= 4 is 0 Å². The van der Waals surface area contributed by atoms with E-state index in [0.29, 0.717) is 24.4 Å². The van der Waals surface area contributed by atoms with Crippen LogP contribution in [0.1, 0.15) is 17.2 Å². The second-order valence-electron chi connectivity index (χ2n) is 4.79. The number of alkyl halides is 2. The minimum atomic E-state index is -2.38. The van der Waals surface area contributed by atoms with Crippen molar-refractivity contribution in [2.45, 2.75) is 19.4 Å². The molecule has 1 N–H and O–H groups in total. The second kappa shape index (κ2) is 6.30. The van der Waals surface area contributed by atoms with Crippen LogP contribution in [0.4, 0.5) is 8.78 Å². The van der Waals surface area contributed by atoms with Gasteiger partial charge in [0, 0.05) is 26.2 Å². The van der Waals surface area contributed by atoms with Gasteiger partial charge in [-0.25, -0.2) is 8.78 Å². The number of methoxy groups -OCH3 is 1. The molecule has 1 saturated heterocycles. The summed E-state index contributed by atoms with van der Waals surface area (Å²) in [6.45, 7) is 4.69. The summed E-state index contributed by atoms with van der Waals surface area (Å²) < 4.78 is 32.0. The van der Waals surface area contributed by atoms with Gasteiger partial charge in [0.05, 0.1) is 13.2 Å². The maximum Gasteiger partial charge on any atom is 0.258 e. The van der Waals surface area contributed by atoms with E-state index < -0.39 is 12.5 Å². The van der Waals surface area contributed by atoms with Gasteiger partial charge in [-0.2, -0.15) is 0 Å². The van der Waals surface area contributed by atoms with Crippen LogP contribution in [0.2, 0.25) is 0 Å². The highest BCUT2D eigenvalue weighted by Gasteiger charge is 2.31. The first-order chi connectivity index (χ1) is 9.13. The first kappa shape index (κ1) is 14.2. The molecule has 1 aromatic rings. The molecule has 2 rings (SSSR count). The number of aryl methyl sites for hydroxylation is 1. The molecule has 19 heavy (non-hydrogen) atoms. The predicted molar refractivity (Wildman–Crippen MR) is 70.9 cm³/mol. The van der Waals surface area contributed by atoms with Gasteiger partial charge in [0.1, 0.15) is 5.75 Å². The Bertz CT molecular complexity index is 420. The molecular weight excluding hydrogens is 250 g/mol. The Morgan fingerprint density at radius 3 is 2.47 bits per heavy atom. The van der Waals surface area contributed by atoms with Crippen molar-refractivity contribution in [1.29, 1.82) is 0 Å². The topological polar surface area (TPSA) is 24.5 Å². The Kier molecular flexibility index (Phi) is 4.71. The second-order valence-corrected chi connectivity index (χ2v) is 4.79. The zero-order valence-corrected chi connectivity index (χ0v) is 11.3. The van der Waals surface area contributed by atoms with Crippen LogP contribution < -0.4 is 10.1 Å². The zero-order valence-electron chi connectivity index (χ0n) is 11.3. The first-order valence-corrected chi connectivity index (χ1v) is 6.51. The van der Waals surface area contributed by atoms with Gasteiger partial charge in [-0.3, -0.25) is 4.90 Å². The quantitative estimate of drug-likeness (QED) is 0.908. The van der Waals surface area contributed by atoms with Gasteiger partial charge < -0.3 is 10.1 Å². The molecule has 0 aliphatic carbocycles. The molecule has 0 saturated carbocycles. The number of rotatable bonds is 4. The van der Waals surface area contributed by atoms with Gasteiger partial charge in [-0.1, -0.05) is 6.07 Å². The van der Waals surface area contributed by atoms with E-state index in [2.05, 4.69) is 5.32 Å². The van der Waals surface area contributed by atoms with Crippen molar-refractivity contribution in [1.82, 2.24) is 10.2 Å². The number of benzene rings is 1. The summed E-state index contributed by atoms with van der Waals surface area (Å²) in [6, 6.07) is 4.49. The van der Waals surface area contributed by atoms with E-state index >= 15 is 0 Å². The van der Waals surface area contributed by atoms with Crippen LogP contribution in [-0.4, -0.2) is 44.6 Å². The Morgan fingerprint density at radius 1 is 1.26 bits per heavy atom. The van der Waals surface area contributed by atoms with Crippen molar-refractivity contribution in [3.8, 4) is 5.75 Å². The van der Waals surface area contributed by atoms with Crippen molar-refractivity contribution < 1.29 is 13.5 Å². The minimum absolute atomic E-state index is 0.653. The van der Waals surface area contributed by atoms with Crippen LogP contribution >= 0.6 is 0 Å². The van der Waals surface area contributed by atoms with E-state index in [-0.39, 0.29) is 0 Å². The maximum atomic E-state index is 13.4. The number of ether oxygens (including phenoxy) is 1. The number of piperazine rings is 1. The largest absolute Gasteiger partial charge is 0.497 e. The molecule has 106 valence electrons. The van der Waals surface area contributed by atoms with Crippen LogP contribution in [-0.2, 0) is 0 Å². The number of hydrogen-bond donors (Lipinski definition) is 1.